The molecule has 3 heteroatoms. The maximum Gasteiger partial charge on any atom is 0.103 e. The highest BCUT2D eigenvalue weighted by molar-refractivity contribution is 4.96. The zero-order valence-electron chi connectivity index (χ0n) is 3.91. The van der Waals surface area contributed by atoms with Crippen molar-refractivity contribution in [2.45, 2.75) is 6.04 Å². The van der Waals surface area contributed by atoms with Gasteiger partial charge in [0.2, 0.25) is 0 Å². The summed E-state index contributed by atoms with van der Waals surface area (Å²) in [6.07, 6.45) is 3.54. The predicted octanol–water partition coefficient (Wildman–Crippen LogP) is 0.293. The Hall–Kier alpha value is -0.700. The lowest BCUT2D eigenvalue weighted by Crippen LogP contribution is -2.12. The molecule has 3 nitrogen and oxygen atoms in total. The van der Waals surface area contributed by atoms with Crippen LogP contribution in [0, 0.1) is 0 Å². The molecule has 1 atom stereocenters. The van der Waals surface area contributed by atoms with Crippen molar-refractivity contribution in [2.75, 3.05) is 6.54 Å². The van der Waals surface area contributed by atoms with E-state index in [9.17, 15) is 0 Å². The molecule has 0 aliphatic carbocycles. The number of hydrogen-bond acceptors (Lipinski definition) is 3. The van der Waals surface area contributed by atoms with Gasteiger partial charge < -0.3 is 5.73 Å². The van der Waals surface area contributed by atoms with Gasteiger partial charge in [-0.3, -0.25) is 0 Å². The van der Waals surface area contributed by atoms with Gasteiger partial charge >= 0.3 is 0 Å². The standard InChI is InChI=1S/C4H7N3/c5-3-4-1-2-6-7-4/h1-2,4H,3,5H2/t4-/m1/s1. The highest BCUT2D eigenvalue weighted by Gasteiger charge is 1.99. The van der Waals surface area contributed by atoms with Crippen LogP contribution in [0.1, 0.15) is 0 Å². The molecule has 1 aliphatic rings. The second kappa shape index (κ2) is 1.84. The summed E-state index contributed by atoms with van der Waals surface area (Å²) in [6.45, 7) is 0.569. The van der Waals surface area contributed by atoms with Crippen molar-refractivity contribution in [3.63, 3.8) is 0 Å². The third-order valence-electron chi connectivity index (χ3n) is 0.831. The summed E-state index contributed by atoms with van der Waals surface area (Å²) >= 11 is 0. The minimum absolute atomic E-state index is 0.153. The van der Waals surface area contributed by atoms with Crippen LogP contribution >= 0.6 is 0 Å². The topological polar surface area (TPSA) is 50.7 Å². The average molecular weight is 97.1 g/mol. The van der Waals surface area contributed by atoms with Crippen LogP contribution in [0.25, 0.3) is 0 Å². The van der Waals surface area contributed by atoms with Gasteiger partial charge in [0.15, 0.2) is 0 Å². The summed E-state index contributed by atoms with van der Waals surface area (Å²) in [5, 5.41) is 7.34. The first-order valence-electron chi connectivity index (χ1n) is 2.20. The highest BCUT2D eigenvalue weighted by Crippen LogP contribution is 1.99. The summed E-state index contributed by atoms with van der Waals surface area (Å²) in [5.74, 6) is 0. The summed E-state index contributed by atoms with van der Waals surface area (Å²) in [4.78, 5) is 0. The van der Waals surface area contributed by atoms with Gasteiger partial charge in [-0.15, -0.1) is 0 Å². The van der Waals surface area contributed by atoms with Gasteiger partial charge in [0.1, 0.15) is 6.04 Å². The Morgan fingerprint density at radius 1 is 1.71 bits per heavy atom. The molecule has 0 fully saturated rings. The third kappa shape index (κ3) is 0.838. The third-order valence-corrected chi connectivity index (χ3v) is 0.831. The van der Waals surface area contributed by atoms with Crippen LogP contribution in [-0.2, 0) is 0 Å². The Morgan fingerprint density at radius 2 is 2.57 bits per heavy atom. The first-order valence-corrected chi connectivity index (χ1v) is 2.20. The minimum Gasteiger partial charge on any atom is -0.328 e. The highest BCUT2D eigenvalue weighted by atomic mass is 15.1. The van der Waals surface area contributed by atoms with E-state index in [0.29, 0.717) is 6.54 Å². The molecule has 0 aromatic carbocycles. The number of hydrogen-bond donors (Lipinski definition) is 1. The number of nitrogens with zero attached hydrogens (tertiary/aromatic N) is 2. The monoisotopic (exact) mass is 97.1 g/mol. The molecule has 0 radical (unpaired) electrons. The molecule has 1 heterocycles. The molecule has 1 rings (SSSR count). The van der Waals surface area contributed by atoms with E-state index in [1.54, 1.807) is 6.20 Å². The van der Waals surface area contributed by atoms with E-state index >= 15 is 0 Å². The predicted molar refractivity (Wildman–Crippen MR) is 26.8 cm³/mol. The Labute approximate surface area is 41.9 Å². The smallest absolute Gasteiger partial charge is 0.103 e. The summed E-state index contributed by atoms with van der Waals surface area (Å²) in [6, 6.07) is 0.153. The van der Waals surface area contributed by atoms with E-state index in [4.69, 9.17) is 5.73 Å². The van der Waals surface area contributed by atoms with Crippen LogP contribution in [0.5, 0.6) is 0 Å². The van der Waals surface area contributed by atoms with Crippen LogP contribution in [-0.4, -0.2) is 12.6 Å². The lowest BCUT2D eigenvalue weighted by molar-refractivity contribution is 0.806. The van der Waals surface area contributed by atoms with E-state index in [0.717, 1.165) is 0 Å². The molecular formula is C4H7N3. The van der Waals surface area contributed by atoms with Gasteiger partial charge in [-0.25, -0.2) is 0 Å². The minimum atomic E-state index is 0.153. The average Bonchev–Trinajstić information content (AvgIpc) is 2.14. The van der Waals surface area contributed by atoms with Gasteiger partial charge in [0, 0.05) is 12.7 Å². The Bertz CT molecular complexity index is 93.5. The van der Waals surface area contributed by atoms with E-state index in [1.165, 1.54) is 0 Å². The molecule has 38 valence electrons. The van der Waals surface area contributed by atoms with Crippen LogP contribution in [0.15, 0.2) is 22.5 Å². The fourth-order valence-corrected chi connectivity index (χ4v) is 0.426. The van der Waals surface area contributed by atoms with Crippen molar-refractivity contribution in [1.82, 2.24) is 0 Å². The van der Waals surface area contributed by atoms with Crippen molar-refractivity contribution >= 4 is 0 Å². The number of nitrogens with two attached hydrogens (primary N) is 1. The lowest BCUT2D eigenvalue weighted by Gasteiger charge is -1.91. The molecule has 0 amide bonds. The van der Waals surface area contributed by atoms with Gasteiger partial charge in [-0.1, -0.05) is 0 Å². The molecule has 0 saturated carbocycles. The molecule has 0 saturated heterocycles. The SMILES string of the molecule is NC[C@H]1C=CN=N1. The maximum atomic E-state index is 5.23. The molecule has 0 aromatic rings. The van der Waals surface area contributed by atoms with E-state index in [1.807, 2.05) is 6.08 Å². The van der Waals surface area contributed by atoms with Gasteiger partial charge in [0.25, 0.3) is 0 Å². The summed E-state index contributed by atoms with van der Waals surface area (Å²) < 4.78 is 0. The Balaban J connectivity index is 2.44. The van der Waals surface area contributed by atoms with E-state index < -0.39 is 0 Å². The fourth-order valence-electron chi connectivity index (χ4n) is 0.426. The van der Waals surface area contributed by atoms with Crippen molar-refractivity contribution in [3.8, 4) is 0 Å². The Morgan fingerprint density at radius 3 is 2.86 bits per heavy atom. The second-order valence-electron chi connectivity index (χ2n) is 1.38. The molecule has 0 bridgehead atoms. The summed E-state index contributed by atoms with van der Waals surface area (Å²) in [7, 11) is 0. The Kier molecular flexibility index (Phi) is 1.17. The van der Waals surface area contributed by atoms with E-state index in [2.05, 4.69) is 10.2 Å². The van der Waals surface area contributed by atoms with Crippen LogP contribution in [0.3, 0.4) is 0 Å². The van der Waals surface area contributed by atoms with E-state index in [-0.39, 0.29) is 6.04 Å². The molecule has 0 unspecified atom stereocenters. The summed E-state index contributed by atoms with van der Waals surface area (Å²) in [5.41, 5.74) is 5.23. The normalized spacial score (nSPS) is 26.7. The zero-order valence-corrected chi connectivity index (χ0v) is 3.91. The van der Waals surface area contributed by atoms with Crippen LogP contribution in [0.2, 0.25) is 0 Å². The first-order chi connectivity index (χ1) is 3.43. The van der Waals surface area contributed by atoms with Gasteiger partial charge in [-0.05, 0) is 6.08 Å². The van der Waals surface area contributed by atoms with Crippen molar-refractivity contribution in [3.05, 3.63) is 12.3 Å². The second-order valence-corrected chi connectivity index (χ2v) is 1.38. The largest absolute Gasteiger partial charge is 0.328 e. The molecule has 0 spiro atoms. The van der Waals surface area contributed by atoms with Crippen LogP contribution in [0.4, 0.5) is 0 Å². The molecule has 1 aliphatic heterocycles. The van der Waals surface area contributed by atoms with Gasteiger partial charge in [0.05, 0.1) is 0 Å². The molecule has 7 heavy (non-hydrogen) atoms. The zero-order chi connectivity index (χ0) is 5.11. The first kappa shape index (κ1) is 4.46. The molecule has 0 aromatic heterocycles. The van der Waals surface area contributed by atoms with Crippen molar-refractivity contribution in [1.29, 1.82) is 0 Å². The van der Waals surface area contributed by atoms with Crippen molar-refractivity contribution < 1.29 is 0 Å². The van der Waals surface area contributed by atoms with Gasteiger partial charge in [-0.2, -0.15) is 10.2 Å². The number of rotatable bonds is 1. The lowest BCUT2D eigenvalue weighted by atomic mass is 10.3. The number of azo groups is 1. The molecular weight excluding hydrogens is 90.1 g/mol. The molecule has 2 N–H and O–H groups in total. The van der Waals surface area contributed by atoms with Crippen molar-refractivity contribution in [2.24, 2.45) is 16.0 Å². The van der Waals surface area contributed by atoms with Crippen LogP contribution < -0.4 is 5.73 Å². The maximum absolute atomic E-state index is 5.23. The fraction of sp³-hybridized carbons (Fsp3) is 0.500. The quantitative estimate of drug-likeness (QED) is 0.502.